The molecule has 0 radical (unpaired) electrons. The molecule has 0 atom stereocenters. The number of nitrogens with zero attached hydrogens (tertiary/aromatic N) is 2. The van der Waals surface area contributed by atoms with E-state index in [1.807, 2.05) is 30.1 Å². The molecule has 0 saturated carbocycles. The number of methoxy groups -OCH3 is 1. The first-order valence-corrected chi connectivity index (χ1v) is 6.57. The third-order valence-electron chi connectivity index (χ3n) is 3.19. The summed E-state index contributed by atoms with van der Waals surface area (Å²) >= 11 is 0. The molecule has 0 amide bonds. The van der Waals surface area contributed by atoms with E-state index in [0.29, 0.717) is 0 Å². The van der Waals surface area contributed by atoms with E-state index in [4.69, 9.17) is 4.74 Å². The van der Waals surface area contributed by atoms with Crippen LogP contribution in [0.5, 0.6) is 5.75 Å². The van der Waals surface area contributed by atoms with Crippen LogP contribution in [0.4, 0.5) is 0 Å². The molecule has 19 heavy (non-hydrogen) atoms. The number of benzene rings is 1. The van der Waals surface area contributed by atoms with E-state index >= 15 is 0 Å². The lowest BCUT2D eigenvalue weighted by atomic mass is 10.1. The molecule has 1 aromatic carbocycles. The van der Waals surface area contributed by atoms with Gasteiger partial charge in [0.1, 0.15) is 11.6 Å². The molecule has 1 heterocycles. The van der Waals surface area contributed by atoms with Gasteiger partial charge in [-0.2, -0.15) is 0 Å². The van der Waals surface area contributed by atoms with Crippen molar-refractivity contribution >= 4 is 0 Å². The molecule has 0 bridgehead atoms. The Kier molecular flexibility index (Phi) is 4.58. The van der Waals surface area contributed by atoms with Gasteiger partial charge < -0.3 is 14.6 Å². The average molecular weight is 259 g/mol. The van der Waals surface area contributed by atoms with Crippen molar-refractivity contribution in [3.8, 4) is 5.75 Å². The van der Waals surface area contributed by atoms with Crippen molar-refractivity contribution in [2.45, 2.75) is 19.9 Å². The van der Waals surface area contributed by atoms with Crippen molar-refractivity contribution in [1.82, 2.24) is 14.9 Å². The van der Waals surface area contributed by atoms with Crippen LogP contribution in [0.3, 0.4) is 0 Å². The molecule has 0 saturated heterocycles. The van der Waals surface area contributed by atoms with E-state index in [1.165, 1.54) is 11.1 Å². The molecule has 1 aromatic heterocycles. The summed E-state index contributed by atoms with van der Waals surface area (Å²) in [6.07, 6.45) is 4.64. The van der Waals surface area contributed by atoms with Gasteiger partial charge in [-0.25, -0.2) is 4.98 Å². The number of aryl methyl sites for hydroxylation is 1. The molecule has 0 unspecified atom stereocenters. The van der Waals surface area contributed by atoms with Crippen molar-refractivity contribution in [3.63, 3.8) is 0 Å². The Morgan fingerprint density at radius 2 is 2.21 bits per heavy atom. The topological polar surface area (TPSA) is 39.1 Å². The van der Waals surface area contributed by atoms with Gasteiger partial charge in [-0.3, -0.25) is 0 Å². The normalized spacial score (nSPS) is 10.7. The zero-order valence-electron chi connectivity index (χ0n) is 11.8. The van der Waals surface area contributed by atoms with Gasteiger partial charge in [0.2, 0.25) is 0 Å². The van der Waals surface area contributed by atoms with Crippen LogP contribution in [0.25, 0.3) is 0 Å². The van der Waals surface area contributed by atoms with Crippen molar-refractivity contribution in [2.24, 2.45) is 7.05 Å². The minimum atomic E-state index is 0.827. The van der Waals surface area contributed by atoms with E-state index in [2.05, 4.69) is 29.4 Å². The summed E-state index contributed by atoms with van der Waals surface area (Å²) in [5, 5.41) is 3.34. The van der Waals surface area contributed by atoms with E-state index < -0.39 is 0 Å². The van der Waals surface area contributed by atoms with Gasteiger partial charge in [0.15, 0.2) is 0 Å². The summed E-state index contributed by atoms with van der Waals surface area (Å²) < 4.78 is 7.45. The molecule has 0 spiro atoms. The molecule has 4 nitrogen and oxygen atoms in total. The third kappa shape index (κ3) is 3.35. The first-order chi connectivity index (χ1) is 9.24. The summed E-state index contributed by atoms with van der Waals surface area (Å²) in [5.41, 5.74) is 2.44. The molecule has 0 aliphatic heterocycles. The quantitative estimate of drug-likeness (QED) is 0.863. The summed E-state index contributed by atoms with van der Waals surface area (Å²) in [6.45, 7) is 3.88. The molecular weight excluding hydrogens is 238 g/mol. The maximum Gasteiger partial charge on any atom is 0.123 e. The number of aromatic nitrogens is 2. The number of ether oxygens (including phenoxy) is 1. The Balaban J connectivity index is 2.19. The number of hydrogen-bond donors (Lipinski definition) is 1. The SMILES string of the molecule is CCNCc1cc(Cc2nccn2C)ccc1OC. The van der Waals surface area contributed by atoms with Crippen molar-refractivity contribution in [1.29, 1.82) is 0 Å². The highest BCUT2D eigenvalue weighted by Crippen LogP contribution is 2.21. The van der Waals surface area contributed by atoms with Crippen LogP contribution in [0.2, 0.25) is 0 Å². The molecule has 2 aromatic rings. The molecule has 0 fully saturated rings. The van der Waals surface area contributed by atoms with Crippen LogP contribution >= 0.6 is 0 Å². The van der Waals surface area contributed by atoms with E-state index in [1.54, 1.807) is 7.11 Å². The zero-order chi connectivity index (χ0) is 13.7. The van der Waals surface area contributed by atoms with E-state index in [9.17, 15) is 0 Å². The largest absolute Gasteiger partial charge is 0.496 e. The molecule has 0 aliphatic carbocycles. The molecule has 2 rings (SSSR count). The maximum absolute atomic E-state index is 5.40. The Morgan fingerprint density at radius 3 is 2.84 bits per heavy atom. The van der Waals surface area contributed by atoms with Crippen molar-refractivity contribution < 1.29 is 4.74 Å². The maximum atomic E-state index is 5.40. The highest BCUT2D eigenvalue weighted by atomic mass is 16.5. The van der Waals surface area contributed by atoms with Crippen LogP contribution in [0, 0.1) is 0 Å². The molecule has 1 N–H and O–H groups in total. The number of rotatable bonds is 6. The fraction of sp³-hybridized carbons (Fsp3) is 0.400. The lowest BCUT2D eigenvalue weighted by Crippen LogP contribution is -2.13. The second-order valence-corrected chi connectivity index (χ2v) is 4.56. The average Bonchev–Trinajstić information content (AvgIpc) is 2.82. The Labute approximate surface area is 114 Å². The van der Waals surface area contributed by atoms with Crippen LogP contribution in [-0.2, 0) is 20.0 Å². The summed E-state index contributed by atoms with van der Waals surface area (Å²) in [7, 11) is 3.73. The van der Waals surface area contributed by atoms with Gasteiger partial charge in [0.05, 0.1) is 7.11 Å². The van der Waals surface area contributed by atoms with Crippen LogP contribution in [0.15, 0.2) is 30.6 Å². The minimum absolute atomic E-state index is 0.827. The first-order valence-electron chi connectivity index (χ1n) is 6.57. The Hall–Kier alpha value is -1.81. The van der Waals surface area contributed by atoms with Crippen molar-refractivity contribution in [3.05, 3.63) is 47.5 Å². The van der Waals surface area contributed by atoms with Gasteiger partial charge in [-0.1, -0.05) is 19.1 Å². The fourth-order valence-corrected chi connectivity index (χ4v) is 2.09. The van der Waals surface area contributed by atoms with Crippen molar-refractivity contribution in [2.75, 3.05) is 13.7 Å². The van der Waals surface area contributed by atoms with E-state index in [0.717, 1.165) is 31.1 Å². The van der Waals surface area contributed by atoms with Gasteiger partial charge >= 0.3 is 0 Å². The van der Waals surface area contributed by atoms with Gasteiger partial charge in [0.25, 0.3) is 0 Å². The van der Waals surface area contributed by atoms with Gasteiger partial charge in [0, 0.05) is 38.0 Å². The zero-order valence-corrected chi connectivity index (χ0v) is 11.8. The van der Waals surface area contributed by atoms with Crippen LogP contribution < -0.4 is 10.1 Å². The van der Waals surface area contributed by atoms with E-state index in [-0.39, 0.29) is 0 Å². The first kappa shape index (κ1) is 13.6. The fourth-order valence-electron chi connectivity index (χ4n) is 2.09. The number of hydrogen-bond acceptors (Lipinski definition) is 3. The molecule has 102 valence electrons. The lowest BCUT2D eigenvalue weighted by molar-refractivity contribution is 0.408. The summed E-state index contributed by atoms with van der Waals surface area (Å²) in [6, 6.07) is 6.32. The Morgan fingerprint density at radius 1 is 1.37 bits per heavy atom. The summed E-state index contributed by atoms with van der Waals surface area (Å²) in [4.78, 5) is 4.36. The highest BCUT2D eigenvalue weighted by molar-refractivity contribution is 5.38. The molecule has 0 aliphatic rings. The van der Waals surface area contributed by atoms with Gasteiger partial charge in [-0.05, 0) is 18.2 Å². The number of imidazole rings is 1. The second kappa shape index (κ2) is 6.38. The predicted molar refractivity (Wildman–Crippen MR) is 76.4 cm³/mol. The molecular formula is C15H21N3O. The predicted octanol–water partition coefficient (Wildman–Crippen LogP) is 2.13. The third-order valence-corrected chi connectivity index (χ3v) is 3.19. The van der Waals surface area contributed by atoms with Crippen LogP contribution in [-0.4, -0.2) is 23.2 Å². The minimum Gasteiger partial charge on any atom is -0.496 e. The monoisotopic (exact) mass is 259 g/mol. The highest BCUT2D eigenvalue weighted by Gasteiger charge is 2.06. The van der Waals surface area contributed by atoms with Gasteiger partial charge in [-0.15, -0.1) is 0 Å². The number of nitrogens with one attached hydrogen (secondary N) is 1. The standard InChI is InChI=1S/C15H21N3O/c1-4-16-11-13-9-12(5-6-14(13)19-3)10-15-17-7-8-18(15)2/h5-9,16H,4,10-11H2,1-3H3. The second-order valence-electron chi connectivity index (χ2n) is 4.56. The summed E-state index contributed by atoms with van der Waals surface area (Å²) in [5.74, 6) is 2.00. The Bertz CT molecular complexity index is 534. The smallest absolute Gasteiger partial charge is 0.123 e. The van der Waals surface area contributed by atoms with Crippen LogP contribution in [0.1, 0.15) is 23.9 Å². The lowest BCUT2D eigenvalue weighted by Gasteiger charge is -2.11. The molecule has 4 heteroatoms.